The molecular formula is C34H50O6. The van der Waals surface area contributed by atoms with Crippen molar-refractivity contribution in [3.8, 4) is 0 Å². The molecule has 0 aliphatic carbocycles. The highest BCUT2D eigenvalue weighted by molar-refractivity contribution is 5.87. The minimum Gasteiger partial charge on any atom is -0.490 e. The largest absolute Gasteiger partial charge is 0.490 e. The van der Waals surface area contributed by atoms with Crippen LogP contribution in [0.2, 0.25) is 0 Å². The maximum atomic E-state index is 13.4. The Morgan fingerprint density at radius 2 is 1.85 bits per heavy atom. The van der Waals surface area contributed by atoms with Gasteiger partial charge in [-0.2, -0.15) is 0 Å². The fraction of sp³-hybridized carbons (Fsp3) is 0.559. The zero-order chi connectivity index (χ0) is 30.0. The molecule has 6 nitrogen and oxygen atoms in total. The van der Waals surface area contributed by atoms with Gasteiger partial charge in [0.2, 0.25) is 5.76 Å². The number of ether oxygens (including phenoxy) is 4. The molecule has 0 aromatic carbocycles. The molecule has 0 bridgehead atoms. The van der Waals surface area contributed by atoms with Crippen LogP contribution in [-0.2, 0) is 23.7 Å². The molecule has 6 heteroatoms. The fourth-order valence-electron chi connectivity index (χ4n) is 5.29. The molecule has 0 radical (unpaired) electrons. The second-order valence-electron chi connectivity index (χ2n) is 11.3. The average molecular weight is 555 g/mol. The standard InChI is InChI=1S/C34H50O6/c1-11-28-23(4)15-16-29(39-28)24(5)20-27(8)33-30(37-9)14-12-13-21(2)17-25(6)32(35)26(7)18-22(3)19-31(38-10)34(36)40-33/h12-16,18-20,25-28,30,32-33,35H,11,17H2,1-10H3/b14-12+,21-13-,22-18-,24-20+,31-19+/t25-,26+,27-,28+,30-,32-,33+/m0/s1. The Labute approximate surface area is 241 Å². The van der Waals surface area contributed by atoms with E-state index < -0.39 is 24.3 Å². The first-order chi connectivity index (χ1) is 18.9. The summed E-state index contributed by atoms with van der Waals surface area (Å²) in [6, 6.07) is 0. The van der Waals surface area contributed by atoms with Crippen molar-refractivity contribution >= 4 is 5.97 Å². The predicted octanol–water partition coefficient (Wildman–Crippen LogP) is 7.15. The maximum absolute atomic E-state index is 13.4. The molecule has 7 atom stereocenters. The highest BCUT2D eigenvalue weighted by Crippen LogP contribution is 2.28. The third kappa shape index (κ3) is 9.38. The molecule has 2 aliphatic rings. The summed E-state index contributed by atoms with van der Waals surface area (Å²) in [6.07, 6.45) is 15.7. The topological polar surface area (TPSA) is 74.2 Å². The van der Waals surface area contributed by atoms with Crippen molar-refractivity contribution in [2.24, 2.45) is 17.8 Å². The van der Waals surface area contributed by atoms with Crippen molar-refractivity contribution in [2.45, 2.75) is 92.6 Å². The number of hydrogen-bond donors (Lipinski definition) is 1. The Hall–Kier alpha value is -2.83. The highest BCUT2D eigenvalue weighted by atomic mass is 16.6. The van der Waals surface area contributed by atoms with Crippen LogP contribution in [0.25, 0.3) is 0 Å². The van der Waals surface area contributed by atoms with Crippen molar-refractivity contribution in [3.63, 3.8) is 0 Å². The highest BCUT2D eigenvalue weighted by Gasteiger charge is 2.31. The lowest BCUT2D eigenvalue weighted by Crippen LogP contribution is -2.37. The van der Waals surface area contributed by atoms with Crippen LogP contribution < -0.4 is 0 Å². The molecule has 0 unspecified atom stereocenters. The summed E-state index contributed by atoms with van der Waals surface area (Å²) in [5.41, 5.74) is 4.13. The summed E-state index contributed by atoms with van der Waals surface area (Å²) < 4.78 is 23.6. The van der Waals surface area contributed by atoms with E-state index in [9.17, 15) is 9.90 Å². The third-order valence-electron chi connectivity index (χ3n) is 7.66. The van der Waals surface area contributed by atoms with E-state index in [0.29, 0.717) is 0 Å². The van der Waals surface area contributed by atoms with Crippen molar-refractivity contribution < 1.29 is 28.8 Å². The summed E-state index contributed by atoms with van der Waals surface area (Å²) >= 11 is 0. The second kappa shape index (κ2) is 15.8. The smallest absolute Gasteiger partial charge is 0.373 e. The fourth-order valence-corrected chi connectivity index (χ4v) is 5.29. The number of rotatable bonds is 6. The Bertz CT molecular complexity index is 1090. The molecule has 0 aromatic heterocycles. The number of methoxy groups -OCH3 is 2. The molecular weight excluding hydrogens is 504 g/mol. The molecule has 0 amide bonds. The van der Waals surface area contributed by atoms with E-state index in [4.69, 9.17) is 18.9 Å². The average Bonchev–Trinajstić information content (AvgIpc) is 2.91. The van der Waals surface area contributed by atoms with Gasteiger partial charge in [-0.3, -0.25) is 0 Å². The first kappa shape index (κ1) is 33.4. The van der Waals surface area contributed by atoms with Crippen molar-refractivity contribution in [1.29, 1.82) is 0 Å². The van der Waals surface area contributed by atoms with E-state index >= 15 is 0 Å². The van der Waals surface area contributed by atoms with Gasteiger partial charge >= 0.3 is 5.97 Å². The van der Waals surface area contributed by atoms with E-state index in [1.54, 1.807) is 13.2 Å². The lowest BCUT2D eigenvalue weighted by atomic mass is 9.87. The maximum Gasteiger partial charge on any atom is 0.373 e. The van der Waals surface area contributed by atoms with Crippen LogP contribution in [-0.4, -0.2) is 49.7 Å². The van der Waals surface area contributed by atoms with Crippen molar-refractivity contribution in [2.75, 3.05) is 14.2 Å². The van der Waals surface area contributed by atoms with Gasteiger partial charge < -0.3 is 24.1 Å². The second-order valence-corrected chi connectivity index (χ2v) is 11.3. The van der Waals surface area contributed by atoms with Gasteiger partial charge in [-0.05, 0) is 69.8 Å². The summed E-state index contributed by atoms with van der Waals surface area (Å²) in [5.74, 6) is 0.0885. The molecule has 2 aliphatic heterocycles. The van der Waals surface area contributed by atoms with Gasteiger partial charge in [0.25, 0.3) is 0 Å². The van der Waals surface area contributed by atoms with Gasteiger partial charge in [0.05, 0.1) is 13.2 Å². The quantitative estimate of drug-likeness (QED) is 0.352. The molecule has 0 saturated carbocycles. The predicted molar refractivity (Wildman–Crippen MR) is 161 cm³/mol. The number of aliphatic hydroxyl groups is 1. The van der Waals surface area contributed by atoms with Gasteiger partial charge in [0.1, 0.15) is 24.1 Å². The third-order valence-corrected chi connectivity index (χ3v) is 7.66. The van der Waals surface area contributed by atoms with Crippen LogP contribution in [0.15, 0.2) is 82.4 Å². The lowest BCUT2D eigenvalue weighted by molar-refractivity contribution is -0.155. The molecule has 40 heavy (non-hydrogen) atoms. The van der Waals surface area contributed by atoms with Gasteiger partial charge in [-0.15, -0.1) is 0 Å². The number of cyclic esters (lactones) is 1. The summed E-state index contributed by atoms with van der Waals surface area (Å²) in [4.78, 5) is 13.4. The number of hydrogen-bond acceptors (Lipinski definition) is 6. The summed E-state index contributed by atoms with van der Waals surface area (Å²) in [5, 5.41) is 10.9. The number of carbonyl (C=O) groups excluding carboxylic acids is 1. The Kier molecular flexibility index (Phi) is 13.2. The van der Waals surface area contributed by atoms with Gasteiger partial charge in [0, 0.05) is 18.9 Å². The first-order valence-electron chi connectivity index (χ1n) is 14.4. The van der Waals surface area contributed by atoms with E-state index in [1.165, 1.54) is 12.7 Å². The molecule has 2 rings (SSSR count). The molecule has 2 heterocycles. The molecule has 0 fully saturated rings. The Morgan fingerprint density at radius 1 is 1.15 bits per heavy atom. The molecule has 0 saturated heterocycles. The Morgan fingerprint density at radius 3 is 2.48 bits per heavy atom. The molecule has 1 N–H and O–H groups in total. The Balaban J connectivity index is 2.51. The number of carbonyl (C=O) groups is 1. The SMILES string of the molecule is CC[C@H]1OC(/C(C)=C/[C@H](C)[C@H]2OC(=O)/C(OC)=C\C(C)=C/[C@@H](C)[C@@H](O)[C@@H](C)C/C(C)=C\C=C\[C@@H]2OC)=CC=C1C. The van der Waals surface area contributed by atoms with E-state index in [-0.39, 0.29) is 29.6 Å². The van der Waals surface area contributed by atoms with Crippen LogP contribution in [0, 0.1) is 17.8 Å². The number of allylic oxidation sites excluding steroid dienone is 8. The summed E-state index contributed by atoms with van der Waals surface area (Å²) in [7, 11) is 3.06. The van der Waals surface area contributed by atoms with Crippen molar-refractivity contribution in [1.82, 2.24) is 0 Å². The zero-order valence-corrected chi connectivity index (χ0v) is 26.1. The summed E-state index contributed by atoms with van der Waals surface area (Å²) in [6.45, 7) is 16.2. The lowest BCUT2D eigenvalue weighted by Gasteiger charge is -2.29. The monoisotopic (exact) mass is 554 g/mol. The normalized spacial score (nSPS) is 34.8. The van der Waals surface area contributed by atoms with E-state index in [1.807, 2.05) is 58.1 Å². The van der Waals surface area contributed by atoms with Crippen LogP contribution in [0.4, 0.5) is 0 Å². The van der Waals surface area contributed by atoms with Gasteiger partial charge in [-0.25, -0.2) is 4.79 Å². The van der Waals surface area contributed by atoms with E-state index in [2.05, 4.69) is 39.8 Å². The zero-order valence-electron chi connectivity index (χ0n) is 26.1. The number of aliphatic hydroxyl groups excluding tert-OH is 1. The molecule has 222 valence electrons. The van der Waals surface area contributed by atoms with Crippen LogP contribution in [0.3, 0.4) is 0 Å². The van der Waals surface area contributed by atoms with Crippen LogP contribution >= 0.6 is 0 Å². The first-order valence-corrected chi connectivity index (χ1v) is 14.4. The van der Waals surface area contributed by atoms with Crippen molar-refractivity contribution in [3.05, 3.63) is 82.4 Å². The van der Waals surface area contributed by atoms with Crippen LogP contribution in [0.5, 0.6) is 0 Å². The molecule has 0 aromatic rings. The van der Waals surface area contributed by atoms with Crippen LogP contribution in [0.1, 0.15) is 68.2 Å². The van der Waals surface area contributed by atoms with E-state index in [0.717, 1.165) is 35.3 Å². The molecule has 0 spiro atoms. The minimum absolute atomic E-state index is 0.0565. The number of esters is 1. The van der Waals surface area contributed by atoms with Gasteiger partial charge in [0.15, 0.2) is 0 Å². The van der Waals surface area contributed by atoms with Gasteiger partial charge in [-0.1, -0.05) is 75.3 Å². The minimum atomic E-state index is -0.628.